The predicted octanol–water partition coefficient (Wildman–Crippen LogP) is 2.63. The highest BCUT2D eigenvalue weighted by molar-refractivity contribution is 5.86. The van der Waals surface area contributed by atoms with Crippen LogP contribution in [0.1, 0.15) is 13.3 Å². The zero-order valence-corrected chi connectivity index (χ0v) is 15.4. The van der Waals surface area contributed by atoms with Crippen LogP contribution in [0.2, 0.25) is 0 Å². The van der Waals surface area contributed by atoms with Crippen LogP contribution in [0.15, 0.2) is 24.4 Å². The standard InChI is InChI=1S/C17H18F2N6O3/c1-9(6-14(26)25(2)27-3)21-15-11-8-20-17(22-16(11)24-23-15)28-13-5-4-10(18)7-12(13)19/h4-5,7-9H,6H2,1-3H3,(H2,20,21,22,23,24). The summed E-state index contributed by atoms with van der Waals surface area (Å²) in [6, 6.07) is 2.56. The number of rotatable bonds is 7. The second-order valence-electron chi connectivity index (χ2n) is 5.99. The fraction of sp³-hybridized carbons (Fsp3) is 0.294. The molecule has 0 bridgehead atoms. The van der Waals surface area contributed by atoms with Crippen molar-refractivity contribution in [2.24, 2.45) is 0 Å². The first-order chi connectivity index (χ1) is 13.4. The van der Waals surface area contributed by atoms with Gasteiger partial charge in [0.1, 0.15) is 5.82 Å². The summed E-state index contributed by atoms with van der Waals surface area (Å²) in [4.78, 5) is 24.9. The molecule has 0 fully saturated rings. The van der Waals surface area contributed by atoms with Crippen molar-refractivity contribution in [3.8, 4) is 11.8 Å². The first-order valence-corrected chi connectivity index (χ1v) is 8.28. The number of anilines is 1. The first-order valence-electron chi connectivity index (χ1n) is 8.28. The van der Waals surface area contributed by atoms with E-state index in [1.54, 1.807) is 0 Å². The van der Waals surface area contributed by atoms with Crippen LogP contribution in [0.5, 0.6) is 11.8 Å². The SMILES string of the molecule is CON(C)C(=O)CC(C)Nc1n[nH]c2nc(Oc3ccc(F)cc3F)ncc12. The Balaban J connectivity index is 1.72. The minimum atomic E-state index is -0.866. The summed E-state index contributed by atoms with van der Waals surface area (Å²) in [6.45, 7) is 1.82. The molecule has 0 saturated heterocycles. The van der Waals surface area contributed by atoms with Gasteiger partial charge < -0.3 is 10.1 Å². The maximum atomic E-state index is 13.7. The van der Waals surface area contributed by atoms with E-state index in [0.717, 1.165) is 17.2 Å². The van der Waals surface area contributed by atoms with Crippen LogP contribution >= 0.6 is 0 Å². The molecule has 0 aliphatic rings. The number of fused-ring (bicyclic) bond motifs is 1. The lowest BCUT2D eigenvalue weighted by Crippen LogP contribution is -2.30. The van der Waals surface area contributed by atoms with E-state index in [-0.39, 0.29) is 30.1 Å². The molecular formula is C17H18F2N6O3. The molecule has 28 heavy (non-hydrogen) atoms. The van der Waals surface area contributed by atoms with E-state index in [1.807, 2.05) is 6.92 Å². The summed E-state index contributed by atoms with van der Waals surface area (Å²) >= 11 is 0. The Morgan fingerprint density at radius 2 is 2.18 bits per heavy atom. The zero-order valence-electron chi connectivity index (χ0n) is 15.4. The van der Waals surface area contributed by atoms with Gasteiger partial charge in [-0.15, -0.1) is 0 Å². The van der Waals surface area contributed by atoms with Crippen molar-refractivity contribution in [3.63, 3.8) is 0 Å². The summed E-state index contributed by atoms with van der Waals surface area (Å²) in [5, 5.41) is 11.6. The van der Waals surface area contributed by atoms with E-state index >= 15 is 0 Å². The van der Waals surface area contributed by atoms with Gasteiger partial charge in [-0.25, -0.2) is 18.8 Å². The number of benzene rings is 1. The van der Waals surface area contributed by atoms with Crippen LogP contribution in [0, 0.1) is 11.6 Å². The fourth-order valence-electron chi connectivity index (χ4n) is 2.39. The number of aromatic nitrogens is 4. The van der Waals surface area contributed by atoms with E-state index in [4.69, 9.17) is 9.57 Å². The van der Waals surface area contributed by atoms with Crippen molar-refractivity contribution in [1.29, 1.82) is 0 Å². The molecule has 3 rings (SSSR count). The topological polar surface area (TPSA) is 105 Å². The summed E-state index contributed by atoms with van der Waals surface area (Å²) in [7, 11) is 2.93. The lowest BCUT2D eigenvalue weighted by Gasteiger charge is -2.17. The Bertz CT molecular complexity index is 996. The molecule has 1 atom stereocenters. The lowest BCUT2D eigenvalue weighted by molar-refractivity contribution is -0.168. The molecule has 3 aromatic rings. The van der Waals surface area contributed by atoms with Gasteiger partial charge >= 0.3 is 6.01 Å². The third kappa shape index (κ3) is 4.31. The molecule has 1 aromatic carbocycles. The maximum Gasteiger partial charge on any atom is 0.324 e. The van der Waals surface area contributed by atoms with Gasteiger partial charge in [-0.2, -0.15) is 10.1 Å². The van der Waals surface area contributed by atoms with E-state index in [9.17, 15) is 13.6 Å². The number of carbonyl (C=O) groups excluding carboxylic acids is 1. The Morgan fingerprint density at radius 1 is 1.39 bits per heavy atom. The third-order valence-corrected chi connectivity index (χ3v) is 3.88. The molecule has 2 aromatic heterocycles. The predicted molar refractivity (Wildman–Crippen MR) is 95.6 cm³/mol. The molecule has 0 spiro atoms. The number of hydrogen-bond donors (Lipinski definition) is 2. The monoisotopic (exact) mass is 392 g/mol. The number of amides is 1. The largest absolute Gasteiger partial charge is 0.421 e. The smallest absolute Gasteiger partial charge is 0.324 e. The number of ether oxygens (including phenoxy) is 1. The molecule has 0 saturated carbocycles. The Morgan fingerprint density at radius 3 is 2.89 bits per heavy atom. The van der Waals surface area contributed by atoms with Crippen LogP contribution in [0.3, 0.4) is 0 Å². The van der Waals surface area contributed by atoms with Crippen LogP contribution < -0.4 is 10.1 Å². The number of H-pyrrole nitrogens is 1. The number of nitrogens with one attached hydrogen (secondary N) is 2. The number of hydroxylamine groups is 2. The Kier molecular flexibility index (Phi) is 5.64. The minimum absolute atomic E-state index is 0.127. The second-order valence-corrected chi connectivity index (χ2v) is 5.99. The van der Waals surface area contributed by atoms with Crippen molar-refractivity contribution in [3.05, 3.63) is 36.0 Å². The average molecular weight is 392 g/mol. The molecule has 1 unspecified atom stereocenters. The van der Waals surface area contributed by atoms with E-state index in [1.165, 1.54) is 20.4 Å². The molecular weight excluding hydrogens is 374 g/mol. The molecule has 0 aliphatic heterocycles. The highest BCUT2D eigenvalue weighted by atomic mass is 19.1. The summed E-state index contributed by atoms with van der Waals surface area (Å²) in [6.07, 6.45) is 1.63. The normalized spacial score (nSPS) is 12.0. The van der Waals surface area contributed by atoms with E-state index in [2.05, 4.69) is 25.5 Å². The number of carbonyl (C=O) groups is 1. The quantitative estimate of drug-likeness (QED) is 0.596. The summed E-state index contributed by atoms with van der Waals surface area (Å²) in [5.74, 6) is -1.52. The molecule has 2 heterocycles. The molecule has 0 radical (unpaired) electrons. The molecule has 148 valence electrons. The minimum Gasteiger partial charge on any atom is -0.421 e. The van der Waals surface area contributed by atoms with Crippen molar-refractivity contribution in [2.45, 2.75) is 19.4 Å². The lowest BCUT2D eigenvalue weighted by atomic mass is 10.2. The first kappa shape index (κ1) is 19.4. The van der Waals surface area contributed by atoms with Crippen LogP contribution in [0.25, 0.3) is 11.0 Å². The number of nitrogens with zero attached hydrogens (tertiary/aromatic N) is 4. The summed E-state index contributed by atoms with van der Waals surface area (Å²) < 4.78 is 31.9. The van der Waals surface area contributed by atoms with E-state index < -0.39 is 11.6 Å². The van der Waals surface area contributed by atoms with Crippen molar-refractivity contribution < 1.29 is 23.1 Å². The van der Waals surface area contributed by atoms with E-state index in [0.29, 0.717) is 22.9 Å². The molecule has 11 heteroatoms. The number of aromatic amines is 1. The Labute approximate surface area is 158 Å². The van der Waals surface area contributed by atoms with Gasteiger partial charge in [-0.05, 0) is 19.1 Å². The molecule has 0 aliphatic carbocycles. The average Bonchev–Trinajstić information content (AvgIpc) is 3.05. The van der Waals surface area contributed by atoms with Gasteiger partial charge in [0.25, 0.3) is 0 Å². The van der Waals surface area contributed by atoms with Crippen LogP contribution in [-0.2, 0) is 9.63 Å². The third-order valence-electron chi connectivity index (χ3n) is 3.88. The zero-order chi connectivity index (χ0) is 20.3. The number of hydrogen-bond acceptors (Lipinski definition) is 7. The fourth-order valence-corrected chi connectivity index (χ4v) is 2.39. The molecule has 2 N–H and O–H groups in total. The van der Waals surface area contributed by atoms with Crippen LogP contribution in [-0.4, -0.2) is 51.3 Å². The van der Waals surface area contributed by atoms with Gasteiger partial charge in [0.05, 0.1) is 12.5 Å². The van der Waals surface area contributed by atoms with Crippen LogP contribution in [0.4, 0.5) is 14.6 Å². The van der Waals surface area contributed by atoms with Gasteiger partial charge in [0.2, 0.25) is 5.91 Å². The maximum absolute atomic E-state index is 13.7. The molecule has 1 amide bonds. The van der Waals surface area contributed by atoms with Gasteiger partial charge in [-0.1, -0.05) is 0 Å². The number of halogens is 2. The molecule has 9 nitrogen and oxygen atoms in total. The van der Waals surface area contributed by atoms with Gasteiger partial charge in [0, 0.05) is 31.8 Å². The summed E-state index contributed by atoms with van der Waals surface area (Å²) in [5.41, 5.74) is 0.350. The Hall–Kier alpha value is -3.34. The highest BCUT2D eigenvalue weighted by Gasteiger charge is 2.17. The van der Waals surface area contributed by atoms with Gasteiger partial charge in [0.15, 0.2) is 23.0 Å². The second kappa shape index (κ2) is 8.13. The van der Waals surface area contributed by atoms with Crippen molar-refractivity contribution >= 4 is 22.8 Å². The van der Waals surface area contributed by atoms with Crippen molar-refractivity contribution in [2.75, 3.05) is 19.5 Å². The van der Waals surface area contributed by atoms with Crippen molar-refractivity contribution in [1.82, 2.24) is 25.2 Å². The van der Waals surface area contributed by atoms with Gasteiger partial charge in [-0.3, -0.25) is 14.7 Å². The highest BCUT2D eigenvalue weighted by Crippen LogP contribution is 2.25.